The Morgan fingerprint density at radius 2 is 1.94 bits per heavy atom. The van der Waals surface area contributed by atoms with Gasteiger partial charge in [-0.25, -0.2) is 0 Å². The molecule has 1 heterocycles. The van der Waals surface area contributed by atoms with Crippen molar-refractivity contribution in [2.75, 3.05) is 46.1 Å². The summed E-state index contributed by atoms with van der Waals surface area (Å²) in [5.41, 5.74) is 7.89. The van der Waals surface area contributed by atoms with Crippen LogP contribution < -0.4 is 10.5 Å². The van der Waals surface area contributed by atoms with Gasteiger partial charge >= 0.3 is 0 Å². The molecule has 0 radical (unpaired) electrons. The lowest BCUT2D eigenvalue weighted by Crippen LogP contribution is -2.43. The van der Waals surface area contributed by atoms with E-state index in [4.69, 9.17) is 10.5 Å². The summed E-state index contributed by atoms with van der Waals surface area (Å²) >= 11 is 0. The molecule has 1 fully saturated rings. The van der Waals surface area contributed by atoms with Crippen LogP contribution in [0.2, 0.25) is 0 Å². The van der Waals surface area contributed by atoms with Crippen LogP contribution in [0.15, 0.2) is 18.2 Å². The smallest absolute Gasteiger partial charge is 0.141 e. The Hall–Kier alpha value is -1.26. The predicted octanol–water partition coefficient (Wildman–Crippen LogP) is 1.02. The molecule has 0 unspecified atom stereocenters. The van der Waals surface area contributed by atoms with Gasteiger partial charge in [0, 0.05) is 32.7 Å². The number of ether oxygens (including phenoxy) is 1. The number of anilines is 1. The lowest BCUT2D eigenvalue weighted by molar-refractivity contribution is 0.148. The molecule has 2 rings (SSSR count). The Kier molecular flexibility index (Phi) is 3.86. The zero-order chi connectivity index (χ0) is 12.3. The highest BCUT2D eigenvalue weighted by molar-refractivity contribution is 5.54. The van der Waals surface area contributed by atoms with Crippen LogP contribution in [0.4, 0.5) is 5.69 Å². The molecule has 0 atom stereocenters. The number of nitrogen functional groups attached to an aromatic ring is 1. The maximum Gasteiger partial charge on any atom is 0.141 e. The number of benzene rings is 1. The summed E-state index contributed by atoms with van der Waals surface area (Å²) in [6.45, 7) is 5.52. The first-order valence-corrected chi connectivity index (χ1v) is 6.02. The van der Waals surface area contributed by atoms with Gasteiger partial charge in [-0.2, -0.15) is 0 Å². The second-order valence-electron chi connectivity index (χ2n) is 4.66. The molecule has 4 heteroatoms. The van der Waals surface area contributed by atoms with Crippen molar-refractivity contribution in [3.8, 4) is 5.75 Å². The van der Waals surface area contributed by atoms with Crippen LogP contribution in [0.25, 0.3) is 0 Å². The van der Waals surface area contributed by atoms with E-state index in [1.807, 2.05) is 12.1 Å². The molecular formula is C13H21N3O. The average molecular weight is 235 g/mol. The average Bonchev–Trinajstić information content (AvgIpc) is 2.32. The molecule has 0 spiro atoms. The highest BCUT2D eigenvalue weighted by Crippen LogP contribution is 2.22. The molecule has 17 heavy (non-hydrogen) atoms. The fraction of sp³-hybridized carbons (Fsp3) is 0.538. The molecule has 1 aromatic rings. The fourth-order valence-corrected chi connectivity index (χ4v) is 2.15. The molecule has 1 aliphatic heterocycles. The molecule has 0 saturated carbocycles. The summed E-state index contributed by atoms with van der Waals surface area (Å²) in [6.07, 6.45) is 0. The molecule has 0 aromatic heterocycles. The van der Waals surface area contributed by atoms with Crippen LogP contribution in [0, 0.1) is 0 Å². The van der Waals surface area contributed by atoms with E-state index in [-0.39, 0.29) is 0 Å². The number of likely N-dealkylation sites (N-methyl/N-ethyl adjacent to an activating group) is 1. The molecule has 0 amide bonds. The van der Waals surface area contributed by atoms with Crippen molar-refractivity contribution in [2.45, 2.75) is 6.54 Å². The van der Waals surface area contributed by atoms with Crippen LogP contribution in [0.1, 0.15) is 5.56 Å². The van der Waals surface area contributed by atoms with Crippen molar-refractivity contribution in [1.82, 2.24) is 9.80 Å². The zero-order valence-corrected chi connectivity index (χ0v) is 10.6. The summed E-state index contributed by atoms with van der Waals surface area (Å²) in [7, 11) is 3.81. The Balaban J connectivity index is 1.97. The molecule has 1 aliphatic rings. The summed E-state index contributed by atoms with van der Waals surface area (Å²) in [5, 5.41) is 0. The molecule has 2 N–H and O–H groups in total. The van der Waals surface area contributed by atoms with Gasteiger partial charge in [-0.1, -0.05) is 6.07 Å². The highest BCUT2D eigenvalue weighted by atomic mass is 16.5. The minimum Gasteiger partial charge on any atom is -0.495 e. The Labute approximate surface area is 103 Å². The lowest BCUT2D eigenvalue weighted by atomic mass is 10.1. The van der Waals surface area contributed by atoms with E-state index < -0.39 is 0 Å². The minimum absolute atomic E-state index is 0.721. The van der Waals surface area contributed by atoms with E-state index in [2.05, 4.69) is 22.9 Å². The van der Waals surface area contributed by atoms with Gasteiger partial charge in [0.2, 0.25) is 0 Å². The maximum atomic E-state index is 5.91. The van der Waals surface area contributed by atoms with Gasteiger partial charge in [0.1, 0.15) is 5.75 Å². The normalized spacial score (nSPS) is 18.2. The highest BCUT2D eigenvalue weighted by Gasteiger charge is 2.14. The third-order valence-corrected chi connectivity index (χ3v) is 3.30. The summed E-state index contributed by atoms with van der Waals surface area (Å²) in [5.74, 6) is 0.757. The number of piperazine rings is 1. The van der Waals surface area contributed by atoms with E-state index in [1.54, 1.807) is 7.11 Å². The van der Waals surface area contributed by atoms with Crippen LogP contribution in [0.3, 0.4) is 0 Å². The van der Waals surface area contributed by atoms with Gasteiger partial charge in [-0.05, 0) is 24.7 Å². The zero-order valence-electron chi connectivity index (χ0n) is 10.6. The van der Waals surface area contributed by atoms with Gasteiger partial charge in [0.05, 0.1) is 12.8 Å². The van der Waals surface area contributed by atoms with Crippen LogP contribution in [-0.4, -0.2) is 50.1 Å². The molecule has 0 bridgehead atoms. The van der Waals surface area contributed by atoms with Gasteiger partial charge < -0.3 is 15.4 Å². The first-order valence-electron chi connectivity index (χ1n) is 6.02. The van der Waals surface area contributed by atoms with Crippen molar-refractivity contribution in [3.63, 3.8) is 0 Å². The third-order valence-electron chi connectivity index (χ3n) is 3.30. The first-order chi connectivity index (χ1) is 8.19. The molecule has 4 nitrogen and oxygen atoms in total. The quantitative estimate of drug-likeness (QED) is 0.794. The fourth-order valence-electron chi connectivity index (χ4n) is 2.15. The number of nitrogens with two attached hydrogens (primary N) is 1. The van der Waals surface area contributed by atoms with E-state index in [0.717, 1.165) is 44.2 Å². The SMILES string of the molecule is COc1ccc(CN2CCN(C)CC2)cc1N. The van der Waals surface area contributed by atoms with Gasteiger partial charge in [0.15, 0.2) is 0 Å². The molecule has 0 aliphatic carbocycles. The van der Waals surface area contributed by atoms with E-state index in [0.29, 0.717) is 0 Å². The van der Waals surface area contributed by atoms with E-state index in [9.17, 15) is 0 Å². The largest absolute Gasteiger partial charge is 0.495 e. The molecule has 1 aromatic carbocycles. The number of rotatable bonds is 3. The van der Waals surface area contributed by atoms with Crippen LogP contribution in [-0.2, 0) is 6.54 Å². The molecule has 1 saturated heterocycles. The standard InChI is InChI=1S/C13H21N3O/c1-15-5-7-16(8-6-15)10-11-3-4-13(17-2)12(14)9-11/h3-4,9H,5-8,10,14H2,1-2H3. The third kappa shape index (κ3) is 3.11. The summed E-state index contributed by atoms with van der Waals surface area (Å²) in [4.78, 5) is 4.82. The summed E-state index contributed by atoms with van der Waals surface area (Å²) in [6, 6.07) is 6.05. The van der Waals surface area contributed by atoms with Crippen LogP contribution in [0.5, 0.6) is 5.75 Å². The van der Waals surface area contributed by atoms with Crippen molar-refractivity contribution in [3.05, 3.63) is 23.8 Å². The van der Waals surface area contributed by atoms with Crippen molar-refractivity contribution < 1.29 is 4.74 Å². The number of hydrogen-bond donors (Lipinski definition) is 1. The van der Waals surface area contributed by atoms with Crippen molar-refractivity contribution >= 4 is 5.69 Å². The van der Waals surface area contributed by atoms with Crippen LogP contribution >= 0.6 is 0 Å². The Bertz CT molecular complexity index is 373. The monoisotopic (exact) mass is 235 g/mol. The van der Waals surface area contributed by atoms with Crippen molar-refractivity contribution in [1.29, 1.82) is 0 Å². The number of nitrogens with zero attached hydrogens (tertiary/aromatic N) is 2. The second-order valence-corrected chi connectivity index (χ2v) is 4.66. The second kappa shape index (κ2) is 5.38. The summed E-state index contributed by atoms with van der Waals surface area (Å²) < 4.78 is 5.16. The van der Waals surface area contributed by atoms with Gasteiger partial charge in [0.25, 0.3) is 0 Å². The molecule has 94 valence electrons. The van der Waals surface area contributed by atoms with Crippen molar-refractivity contribution in [2.24, 2.45) is 0 Å². The minimum atomic E-state index is 0.721. The van der Waals surface area contributed by atoms with Gasteiger partial charge in [-0.3, -0.25) is 4.90 Å². The first kappa shape index (κ1) is 12.2. The number of hydrogen-bond acceptors (Lipinski definition) is 4. The van der Waals surface area contributed by atoms with Gasteiger partial charge in [-0.15, -0.1) is 0 Å². The molecular weight excluding hydrogens is 214 g/mol. The van der Waals surface area contributed by atoms with E-state index >= 15 is 0 Å². The Morgan fingerprint density at radius 1 is 1.24 bits per heavy atom. The lowest BCUT2D eigenvalue weighted by Gasteiger charge is -2.32. The predicted molar refractivity (Wildman–Crippen MR) is 70.2 cm³/mol. The number of methoxy groups -OCH3 is 1. The topological polar surface area (TPSA) is 41.7 Å². The Morgan fingerprint density at radius 3 is 2.53 bits per heavy atom. The maximum absolute atomic E-state index is 5.91. The van der Waals surface area contributed by atoms with E-state index in [1.165, 1.54) is 5.56 Å².